The summed E-state index contributed by atoms with van der Waals surface area (Å²) in [7, 11) is 0. The third-order valence-corrected chi connectivity index (χ3v) is 9.25. The maximum absolute atomic E-state index is 13.9. The topological polar surface area (TPSA) is 38.0 Å². The van der Waals surface area contributed by atoms with E-state index in [4.69, 9.17) is 6.57 Å². The predicted octanol–water partition coefficient (Wildman–Crippen LogP) is 11.6. The number of nitriles is 1. The Bertz CT molecular complexity index is 2710. The molecular weight excluding hydrogens is 605 g/mol. The molecule has 0 radical (unpaired) electrons. The molecule has 2 aromatic heterocycles. The van der Waals surface area contributed by atoms with E-state index in [9.17, 15) is 18.4 Å². The first-order valence-corrected chi connectivity index (χ1v) is 15.4. The number of aryl methyl sites for hydroxylation is 2. The molecule has 0 N–H and O–H groups in total. The molecule has 0 amide bonds. The first kappa shape index (κ1) is 29.1. The van der Waals surface area contributed by atoms with Crippen molar-refractivity contribution in [1.29, 1.82) is 5.26 Å². The molecule has 0 spiro atoms. The number of rotatable bonds is 3. The lowest BCUT2D eigenvalue weighted by molar-refractivity contribution is -0.137. The van der Waals surface area contributed by atoms with Crippen LogP contribution in [0.25, 0.3) is 71.0 Å². The summed E-state index contributed by atoms with van der Waals surface area (Å²) in [5.74, 6) is 0. The zero-order valence-corrected chi connectivity index (χ0v) is 25.9. The van der Waals surface area contributed by atoms with Gasteiger partial charge in [-0.1, -0.05) is 78.9 Å². The van der Waals surface area contributed by atoms with Gasteiger partial charge in [0, 0.05) is 38.4 Å². The molecule has 0 saturated heterocycles. The summed E-state index contributed by atoms with van der Waals surface area (Å²) >= 11 is 0. The predicted molar refractivity (Wildman–Crippen MR) is 186 cm³/mol. The molecule has 4 nitrogen and oxygen atoms in total. The van der Waals surface area contributed by atoms with Crippen molar-refractivity contribution in [3.05, 3.63) is 149 Å². The molecule has 0 atom stereocenters. The van der Waals surface area contributed by atoms with Crippen LogP contribution in [0.4, 0.5) is 18.9 Å². The molecule has 0 unspecified atom stereocenters. The zero-order chi connectivity index (χ0) is 33.3. The van der Waals surface area contributed by atoms with Crippen LogP contribution in [0.15, 0.2) is 115 Å². The van der Waals surface area contributed by atoms with Crippen molar-refractivity contribution in [2.45, 2.75) is 20.0 Å². The Morgan fingerprint density at radius 2 is 1.17 bits per heavy atom. The number of halogens is 3. The lowest BCUT2D eigenvalue weighted by Gasteiger charge is -2.20. The van der Waals surface area contributed by atoms with E-state index < -0.39 is 11.7 Å². The molecule has 0 aliphatic heterocycles. The van der Waals surface area contributed by atoms with E-state index in [0.717, 1.165) is 66.9 Å². The van der Waals surface area contributed by atoms with Crippen molar-refractivity contribution in [2.75, 3.05) is 0 Å². The lowest BCUT2D eigenvalue weighted by atomic mass is 9.95. The van der Waals surface area contributed by atoms with Crippen molar-refractivity contribution in [1.82, 2.24) is 9.13 Å². The van der Waals surface area contributed by atoms with E-state index in [0.29, 0.717) is 28.2 Å². The van der Waals surface area contributed by atoms with Crippen molar-refractivity contribution in [2.24, 2.45) is 0 Å². The van der Waals surface area contributed by atoms with E-state index in [1.165, 1.54) is 6.07 Å². The molecule has 2 heterocycles. The molecule has 7 heteroatoms. The van der Waals surface area contributed by atoms with E-state index in [1.807, 2.05) is 111 Å². The molecule has 0 aliphatic rings. The van der Waals surface area contributed by atoms with Gasteiger partial charge >= 0.3 is 6.18 Å². The zero-order valence-electron chi connectivity index (χ0n) is 25.9. The van der Waals surface area contributed by atoms with Crippen LogP contribution < -0.4 is 0 Å². The SMILES string of the molecule is [C-]#[N+]c1cc(-n2c3ccccc3c3cccc(C)c32)c(-c2ccc(C(F)(F)F)cc2C#N)cc1-n1c2ccccc2c2cccc(C)c21. The quantitative estimate of drug-likeness (QED) is 0.179. The number of para-hydroxylation sites is 4. The Hall–Kier alpha value is -6.31. The normalized spacial score (nSPS) is 11.8. The minimum absolute atomic E-state index is 0.108. The van der Waals surface area contributed by atoms with Gasteiger partial charge in [-0.3, -0.25) is 0 Å². The van der Waals surface area contributed by atoms with Gasteiger partial charge in [0.1, 0.15) is 0 Å². The highest BCUT2D eigenvalue weighted by molar-refractivity contribution is 6.12. The third-order valence-electron chi connectivity index (χ3n) is 9.25. The van der Waals surface area contributed by atoms with Crippen molar-refractivity contribution in [3.8, 4) is 28.6 Å². The van der Waals surface area contributed by atoms with E-state index in [-0.39, 0.29) is 5.56 Å². The Kier molecular flexibility index (Phi) is 6.44. The molecule has 0 bridgehead atoms. The average molecular weight is 631 g/mol. The lowest BCUT2D eigenvalue weighted by Crippen LogP contribution is -2.06. The Balaban J connectivity index is 1.57. The maximum atomic E-state index is 13.9. The highest BCUT2D eigenvalue weighted by atomic mass is 19.4. The second-order valence-corrected chi connectivity index (χ2v) is 12.0. The Morgan fingerprint density at radius 1 is 0.625 bits per heavy atom. The van der Waals surface area contributed by atoms with Crippen LogP contribution in [0.1, 0.15) is 22.3 Å². The standard InChI is InChI=1S/C41H25F3N4/c1-24-10-8-14-31-29-12-4-6-16-35(29)47(39(24)31)37-22-34(46-3)38(21-33(37)28-19-18-27(41(42,43)44)20-26(28)23-45)48-36-17-7-5-13-30(36)32-15-9-11-25(2)40(32)48/h4-22H,1-2H3. The molecule has 230 valence electrons. The van der Waals surface area contributed by atoms with Crippen LogP contribution in [0, 0.1) is 31.8 Å². The number of hydrogen-bond donors (Lipinski definition) is 0. The first-order valence-electron chi connectivity index (χ1n) is 15.4. The van der Waals surface area contributed by atoms with E-state index in [2.05, 4.69) is 20.0 Å². The van der Waals surface area contributed by atoms with Crippen LogP contribution in [0.3, 0.4) is 0 Å². The summed E-state index contributed by atoms with van der Waals surface area (Å²) in [6.07, 6.45) is -4.61. The van der Waals surface area contributed by atoms with E-state index in [1.54, 1.807) is 0 Å². The molecule has 8 aromatic rings. The molecule has 0 saturated carbocycles. The smallest absolute Gasteiger partial charge is 0.319 e. The second-order valence-electron chi connectivity index (χ2n) is 12.0. The highest BCUT2D eigenvalue weighted by Crippen LogP contribution is 2.45. The molecule has 48 heavy (non-hydrogen) atoms. The minimum Gasteiger partial charge on any atom is -0.319 e. The van der Waals surface area contributed by atoms with Crippen LogP contribution in [-0.2, 0) is 6.18 Å². The van der Waals surface area contributed by atoms with Gasteiger partial charge in [0.15, 0.2) is 0 Å². The fourth-order valence-corrected chi connectivity index (χ4v) is 7.16. The Labute approximate surface area is 273 Å². The minimum atomic E-state index is -4.61. The van der Waals surface area contributed by atoms with Crippen molar-refractivity contribution >= 4 is 49.3 Å². The number of aromatic nitrogens is 2. The summed E-state index contributed by atoms with van der Waals surface area (Å²) in [5, 5.41) is 14.3. The fraction of sp³-hybridized carbons (Fsp3) is 0.0732. The van der Waals surface area contributed by atoms with Crippen LogP contribution >= 0.6 is 0 Å². The van der Waals surface area contributed by atoms with Gasteiger partial charge < -0.3 is 9.13 Å². The average Bonchev–Trinajstić information content (AvgIpc) is 3.62. The molecule has 0 aliphatic carbocycles. The van der Waals surface area contributed by atoms with Crippen molar-refractivity contribution < 1.29 is 13.2 Å². The van der Waals surface area contributed by atoms with Crippen LogP contribution in [-0.4, -0.2) is 9.13 Å². The van der Waals surface area contributed by atoms with Gasteiger partial charge in [-0.15, -0.1) is 0 Å². The summed E-state index contributed by atoms with van der Waals surface area (Å²) < 4.78 is 45.7. The van der Waals surface area contributed by atoms with Gasteiger partial charge in [-0.2, -0.15) is 18.4 Å². The molecule has 8 rings (SSSR count). The van der Waals surface area contributed by atoms with Crippen LogP contribution in [0.5, 0.6) is 0 Å². The van der Waals surface area contributed by atoms with Gasteiger partial charge in [0.25, 0.3) is 0 Å². The van der Waals surface area contributed by atoms with E-state index >= 15 is 0 Å². The number of alkyl halides is 3. The highest BCUT2D eigenvalue weighted by Gasteiger charge is 2.32. The number of nitrogens with zero attached hydrogens (tertiary/aromatic N) is 4. The van der Waals surface area contributed by atoms with Gasteiger partial charge in [-0.05, 0) is 61.4 Å². The van der Waals surface area contributed by atoms with Gasteiger partial charge in [-0.25, -0.2) is 4.85 Å². The Morgan fingerprint density at radius 3 is 1.71 bits per heavy atom. The number of fused-ring (bicyclic) bond motifs is 6. The largest absolute Gasteiger partial charge is 0.416 e. The first-order chi connectivity index (χ1) is 23.2. The summed E-state index contributed by atoms with van der Waals surface area (Å²) in [5.41, 5.74) is 7.04. The van der Waals surface area contributed by atoms with Crippen LogP contribution in [0.2, 0.25) is 0 Å². The fourth-order valence-electron chi connectivity index (χ4n) is 7.16. The third kappa shape index (κ3) is 4.22. The maximum Gasteiger partial charge on any atom is 0.416 e. The number of hydrogen-bond acceptors (Lipinski definition) is 1. The molecule has 6 aromatic carbocycles. The second kappa shape index (κ2) is 10.6. The molecule has 0 fully saturated rings. The summed E-state index contributed by atoms with van der Waals surface area (Å²) in [6.45, 7) is 12.5. The summed E-state index contributed by atoms with van der Waals surface area (Å²) in [4.78, 5) is 4.05. The van der Waals surface area contributed by atoms with Gasteiger partial charge in [0.05, 0.1) is 51.5 Å². The van der Waals surface area contributed by atoms with Gasteiger partial charge in [0.2, 0.25) is 5.69 Å². The monoisotopic (exact) mass is 630 g/mol. The van der Waals surface area contributed by atoms with Crippen molar-refractivity contribution in [3.63, 3.8) is 0 Å². The summed E-state index contributed by atoms with van der Waals surface area (Å²) in [6, 6.07) is 37.1. The number of benzene rings is 6. The molecular formula is C41H25F3N4.